The molecule has 1 aliphatic heterocycles. The van der Waals surface area contributed by atoms with E-state index in [1.54, 1.807) is 4.90 Å². The van der Waals surface area contributed by atoms with Gasteiger partial charge in [0, 0.05) is 30.7 Å². The topological polar surface area (TPSA) is 115 Å². The van der Waals surface area contributed by atoms with Crippen molar-refractivity contribution in [2.75, 3.05) is 30.4 Å². The summed E-state index contributed by atoms with van der Waals surface area (Å²) < 4.78 is 29.5. The number of nitrogens with zero attached hydrogens (tertiary/aromatic N) is 2. The Labute approximate surface area is 163 Å². The van der Waals surface area contributed by atoms with Crippen molar-refractivity contribution in [3.63, 3.8) is 0 Å². The van der Waals surface area contributed by atoms with Crippen LogP contribution in [0.3, 0.4) is 0 Å². The number of carboxylic acids is 1. The maximum absolute atomic E-state index is 15.2. The smallest absolute Gasteiger partial charge is 0.341 e. The molecule has 1 aromatic heterocycles. The van der Waals surface area contributed by atoms with Crippen molar-refractivity contribution in [3.05, 3.63) is 32.8 Å². The minimum atomic E-state index is -1.51. The van der Waals surface area contributed by atoms with Crippen molar-refractivity contribution in [2.24, 2.45) is 11.1 Å². The van der Waals surface area contributed by atoms with E-state index in [-0.39, 0.29) is 39.6 Å². The van der Waals surface area contributed by atoms with Crippen LogP contribution in [0.25, 0.3) is 10.9 Å². The molecule has 4 rings (SSSR count). The Balaban J connectivity index is 2.02. The van der Waals surface area contributed by atoms with E-state index in [2.05, 4.69) is 0 Å². The first kappa shape index (κ1) is 18.9. The van der Waals surface area contributed by atoms with Crippen LogP contribution in [-0.4, -0.2) is 41.4 Å². The van der Waals surface area contributed by atoms with Crippen LogP contribution in [0.4, 0.5) is 20.2 Å². The Bertz CT molecular complexity index is 1070. The minimum Gasteiger partial charge on any atom is -0.477 e. The molecule has 2 fully saturated rings. The lowest BCUT2D eigenvalue weighted by atomic mass is 10.0. The molecule has 0 amide bonds. The molecule has 2 aromatic rings. The van der Waals surface area contributed by atoms with Crippen molar-refractivity contribution in [1.82, 2.24) is 4.57 Å². The number of aromatic carboxylic acids is 1. The summed E-state index contributed by atoms with van der Waals surface area (Å²) in [5, 5.41) is 8.81. The number of alkyl halides is 1. The molecule has 0 bridgehead atoms. The zero-order valence-corrected chi connectivity index (χ0v) is 15.6. The fourth-order valence-electron chi connectivity index (χ4n) is 4.15. The van der Waals surface area contributed by atoms with Crippen LogP contribution in [-0.2, 0) is 6.54 Å². The summed E-state index contributed by atoms with van der Waals surface area (Å²) in [5.74, 6) is -2.41. The zero-order chi connectivity index (χ0) is 20.4. The highest BCUT2D eigenvalue weighted by Crippen LogP contribution is 2.54. The van der Waals surface area contributed by atoms with Gasteiger partial charge in [0.25, 0.3) is 0 Å². The lowest BCUT2D eigenvalue weighted by molar-refractivity contribution is 0.0694. The number of pyridine rings is 1. The van der Waals surface area contributed by atoms with Crippen molar-refractivity contribution in [1.29, 1.82) is 0 Å². The number of nitrogen functional groups attached to an aromatic ring is 1. The van der Waals surface area contributed by atoms with E-state index < -0.39 is 35.1 Å². The van der Waals surface area contributed by atoms with Crippen LogP contribution in [0, 0.1) is 11.2 Å². The minimum absolute atomic E-state index is 0.0148. The van der Waals surface area contributed by atoms with Gasteiger partial charge in [-0.25, -0.2) is 13.6 Å². The third kappa shape index (κ3) is 2.56. The molecular weight excluding hydrogens is 394 g/mol. The molecule has 2 heterocycles. The van der Waals surface area contributed by atoms with Gasteiger partial charge < -0.3 is 26.0 Å². The van der Waals surface area contributed by atoms with E-state index in [0.29, 0.717) is 13.1 Å². The van der Waals surface area contributed by atoms with Crippen LogP contribution in [0.2, 0.25) is 5.02 Å². The van der Waals surface area contributed by atoms with Gasteiger partial charge in [0.1, 0.15) is 12.2 Å². The molecule has 7 nitrogen and oxygen atoms in total. The fourth-order valence-corrected chi connectivity index (χ4v) is 4.55. The Hall–Kier alpha value is -2.39. The first-order valence-electron chi connectivity index (χ1n) is 8.85. The predicted molar refractivity (Wildman–Crippen MR) is 102 cm³/mol. The largest absolute Gasteiger partial charge is 0.477 e. The molecule has 1 atom stereocenters. The van der Waals surface area contributed by atoms with Crippen LogP contribution in [0.15, 0.2) is 11.0 Å². The number of benzene rings is 1. The number of halogens is 3. The number of hydrogen-bond donors (Lipinski definition) is 3. The van der Waals surface area contributed by atoms with Gasteiger partial charge in [-0.15, -0.1) is 0 Å². The zero-order valence-electron chi connectivity index (χ0n) is 14.8. The number of rotatable bonds is 4. The molecule has 0 radical (unpaired) electrons. The molecule has 28 heavy (non-hydrogen) atoms. The first-order valence-corrected chi connectivity index (χ1v) is 9.23. The number of nitrogens with two attached hydrogens (primary N) is 2. The average molecular weight is 413 g/mol. The van der Waals surface area contributed by atoms with Gasteiger partial charge in [0.2, 0.25) is 5.43 Å². The summed E-state index contributed by atoms with van der Waals surface area (Å²) in [7, 11) is 0. The van der Waals surface area contributed by atoms with Crippen molar-refractivity contribution < 1.29 is 18.7 Å². The summed E-state index contributed by atoms with van der Waals surface area (Å²) in [5.41, 5.74) is 10.0. The van der Waals surface area contributed by atoms with Gasteiger partial charge >= 0.3 is 5.97 Å². The number of fused-ring (bicyclic) bond motifs is 1. The van der Waals surface area contributed by atoms with Gasteiger partial charge in [0.15, 0.2) is 5.82 Å². The second-order valence-corrected chi connectivity index (χ2v) is 7.90. The van der Waals surface area contributed by atoms with E-state index >= 15 is 4.39 Å². The number of carbonyl (C=O) groups is 1. The molecule has 1 aromatic carbocycles. The molecule has 1 saturated carbocycles. The Morgan fingerprint density at radius 1 is 1.43 bits per heavy atom. The molecule has 1 saturated heterocycles. The Kier molecular flexibility index (Phi) is 4.27. The molecule has 150 valence electrons. The summed E-state index contributed by atoms with van der Waals surface area (Å²) in [4.78, 5) is 25.7. The summed E-state index contributed by atoms with van der Waals surface area (Å²) in [6.45, 7) is -0.207. The van der Waals surface area contributed by atoms with Crippen LogP contribution in [0.1, 0.15) is 23.2 Å². The molecule has 10 heteroatoms. The normalized spacial score (nSPS) is 20.3. The number of aromatic nitrogens is 1. The monoisotopic (exact) mass is 412 g/mol. The molecule has 1 unspecified atom stereocenters. The second kappa shape index (κ2) is 6.31. The SMILES string of the molecule is Nc1c(F)c(N2CC(N)C3(CC3)C2)c(Cl)c2c1c(=O)c(C(=O)O)cn2CCF. The maximum atomic E-state index is 15.2. The standard InChI is InChI=1S/C18H19ClF2N4O3/c19-11-14-10(16(26)8(17(27)28)5-24(14)4-3-20)13(23)12(21)15(11)25-6-9(22)18(7-25)1-2-18/h5,9H,1-4,6-7,22-23H2,(H,27,28). The number of hydrogen-bond acceptors (Lipinski definition) is 5. The summed E-state index contributed by atoms with van der Waals surface area (Å²) in [6.07, 6.45) is 2.90. The van der Waals surface area contributed by atoms with E-state index in [1.165, 1.54) is 4.57 Å². The average Bonchev–Trinajstić information content (AvgIpc) is 3.34. The number of aryl methyl sites for hydroxylation is 1. The highest BCUT2D eigenvalue weighted by Gasteiger charge is 2.54. The van der Waals surface area contributed by atoms with Crippen LogP contribution >= 0.6 is 11.6 Å². The maximum Gasteiger partial charge on any atom is 0.341 e. The van der Waals surface area contributed by atoms with Gasteiger partial charge in [-0.2, -0.15) is 0 Å². The Morgan fingerprint density at radius 2 is 2.11 bits per heavy atom. The number of anilines is 2. The van der Waals surface area contributed by atoms with E-state index in [0.717, 1.165) is 19.0 Å². The van der Waals surface area contributed by atoms with Crippen molar-refractivity contribution >= 4 is 39.8 Å². The van der Waals surface area contributed by atoms with Crippen LogP contribution < -0.4 is 21.8 Å². The van der Waals surface area contributed by atoms with Gasteiger partial charge in [-0.1, -0.05) is 11.6 Å². The van der Waals surface area contributed by atoms with E-state index in [4.69, 9.17) is 23.1 Å². The molecular formula is C18H19ClF2N4O3. The first-order chi connectivity index (χ1) is 13.2. The molecule has 1 spiro atoms. The summed E-state index contributed by atoms with van der Waals surface area (Å²) in [6, 6.07) is -0.137. The van der Waals surface area contributed by atoms with E-state index in [1.807, 2.05) is 0 Å². The summed E-state index contributed by atoms with van der Waals surface area (Å²) >= 11 is 6.50. The third-order valence-electron chi connectivity index (χ3n) is 5.88. The number of carboxylic acid groups (broad SMARTS) is 1. The van der Waals surface area contributed by atoms with Gasteiger partial charge in [-0.05, 0) is 12.8 Å². The third-order valence-corrected chi connectivity index (χ3v) is 6.24. The molecule has 1 aliphatic carbocycles. The van der Waals surface area contributed by atoms with E-state index in [9.17, 15) is 19.1 Å². The van der Waals surface area contributed by atoms with Crippen molar-refractivity contribution in [2.45, 2.75) is 25.4 Å². The van der Waals surface area contributed by atoms with Crippen molar-refractivity contribution in [3.8, 4) is 0 Å². The lowest BCUT2D eigenvalue weighted by Gasteiger charge is -2.24. The Morgan fingerprint density at radius 3 is 2.64 bits per heavy atom. The molecule has 2 aliphatic rings. The highest BCUT2D eigenvalue weighted by atomic mass is 35.5. The lowest BCUT2D eigenvalue weighted by Crippen LogP contribution is -2.30. The van der Waals surface area contributed by atoms with Gasteiger partial charge in [0.05, 0.1) is 33.8 Å². The molecule has 5 N–H and O–H groups in total. The second-order valence-electron chi connectivity index (χ2n) is 7.52. The fraction of sp³-hybridized carbons (Fsp3) is 0.444. The van der Waals surface area contributed by atoms with Crippen LogP contribution in [0.5, 0.6) is 0 Å². The van der Waals surface area contributed by atoms with Gasteiger partial charge in [-0.3, -0.25) is 4.79 Å². The quantitative estimate of drug-likeness (QED) is 0.661. The predicted octanol–water partition coefficient (Wildman–Crippen LogP) is 1.97. The highest BCUT2D eigenvalue weighted by molar-refractivity contribution is 6.38.